The summed E-state index contributed by atoms with van der Waals surface area (Å²) in [4.78, 5) is 16.6. The third-order valence-electron chi connectivity index (χ3n) is 5.51. The van der Waals surface area contributed by atoms with Crippen molar-refractivity contribution in [1.82, 2.24) is 4.98 Å². The van der Waals surface area contributed by atoms with Gasteiger partial charge in [0.15, 0.2) is 5.13 Å². The molecule has 2 N–H and O–H groups in total. The molecule has 1 aliphatic carbocycles. The lowest BCUT2D eigenvalue weighted by molar-refractivity contribution is -0.137. The predicted molar refractivity (Wildman–Crippen MR) is 123 cm³/mol. The van der Waals surface area contributed by atoms with E-state index in [1.165, 1.54) is 23.5 Å². The van der Waals surface area contributed by atoms with Crippen LogP contribution >= 0.6 is 11.3 Å². The number of fused-ring (bicyclic) bond motifs is 1. The molecule has 0 aliphatic heterocycles. The number of ether oxygens (including phenoxy) is 1. The fourth-order valence-corrected chi connectivity index (χ4v) is 6.05. The summed E-state index contributed by atoms with van der Waals surface area (Å²) in [7, 11) is -3.67. The summed E-state index contributed by atoms with van der Waals surface area (Å²) in [5.41, 5.74) is 3.05. The van der Waals surface area contributed by atoms with E-state index < -0.39 is 16.0 Å². The van der Waals surface area contributed by atoms with Gasteiger partial charge >= 0.3 is 5.97 Å². The molecule has 9 heteroatoms. The third kappa shape index (κ3) is 5.11. The van der Waals surface area contributed by atoms with Crippen LogP contribution < -0.4 is 9.46 Å². The lowest BCUT2D eigenvalue weighted by Crippen LogP contribution is -2.12. The molecule has 0 radical (unpaired) electrons. The van der Waals surface area contributed by atoms with Gasteiger partial charge in [0.05, 0.1) is 23.6 Å². The van der Waals surface area contributed by atoms with Gasteiger partial charge in [-0.2, -0.15) is 0 Å². The number of rotatable bonds is 9. The van der Waals surface area contributed by atoms with Crippen LogP contribution in [0.1, 0.15) is 40.5 Å². The SMILES string of the molecule is Cc1sc(NS(=O)(=O)c2ccccc2)nc1CCOc1ccc2c(c1)CCC2CC(=O)O. The number of sulfonamides is 1. The first kappa shape index (κ1) is 22.3. The van der Waals surface area contributed by atoms with Gasteiger partial charge in [-0.25, -0.2) is 13.4 Å². The summed E-state index contributed by atoms with van der Waals surface area (Å²) in [6.45, 7) is 2.32. The van der Waals surface area contributed by atoms with E-state index >= 15 is 0 Å². The van der Waals surface area contributed by atoms with E-state index in [1.807, 2.05) is 25.1 Å². The van der Waals surface area contributed by atoms with Crippen LogP contribution in [0.3, 0.4) is 0 Å². The lowest BCUT2D eigenvalue weighted by atomic mass is 9.98. The minimum atomic E-state index is -3.67. The molecule has 168 valence electrons. The van der Waals surface area contributed by atoms with Crippen molar-refractivity contribution in [3.8, 4) is 5.75 Å². The van der Waals surface area contributed by atoms with Crippen molar-refractivity contribution in [2.75, 3.05) is 11.3 Å². The van der Waals surface area contributed by atoms with E-state index in [1.54, 1.807) is 18.2 Å². The molecule has 1 unspecified atom stereocenters. The number of aromatic nitrogens is 1. The highest BCUT2D eigenvalue weighted by molar-refractivity contribution is 7.93. The molecule has 1 aliphatic rings. The second-order valence-electron chi connectivity index (χ2n) is 7.73. The van der Waals surface area contributed by atoms with Crippen molar-refractivity contribution in [2.24, 2.45) is 0 Å². The summed E-state index contributed by atoms with van der Waals surface area (Å²) >= 11 is 1.30. The number of aliphatic carboxylic acids is 1. The van der Waals surface area contributed by atoms with Crippen molar-refractivity contribution in [3.63, 3.8) is 0 Å². The Labute approximate surface area is 191 Å². The summed E-state index contributed by atoms with van der Waals surface area (Å²) in [5, 5.41) is 9.39. The van der Waals surface area contributed by atoms with Gasteiger partial charge in [0.25, 0.3) is 10.0 Å². The van der Waals surface area contributed by atoms with Crippen molar-refractivity contribution in [3.05, 3.63) is 70.2 Å². The zero-order valence-corrected chi connectivity index (χ0v) is 19.2. The van der Waals surface area contributed by atoms with Gasteiger partial charge in [-0.05, 0) is 61.1 Å². The monoisotopic (exact) mass is 472 g/mol. The van der Waals surface area contributed by atoms with Crippen molar-refractivity contribution in [2.45, 2.75) is 43.4 Å². The molecule has 0 spiro atoms. The molecule has 1 aromatic heterocycles. The maximum Gasteiger partial charge on any atom is 0.303 e. The lowest BCUT2D eigenvalue weighted by Gasteiger charge is -2.10. The minimum absolute atomic E-state index is 0.0762. The molecule has 0 amide bonds. The first-order valence-corrected chi connectivity index (χ1v) is 12.6. The molecule has 0 bridgehead atoms. The molecule has 3 aromatic rings. The molecule has 4 rings (SSSR count). The van der Waals surface area contributed by atoms with E-state index in [0.717, 1.165) is 40.3 Å². The van der Waals surface area contributed by atoms with Gasteiger partial charge < -0.3 is 9.84 Å². The normalized spacial score (nSPS) is 15.3. The fourth-order valence-electron chi connectivity index (χ4n) is 3.94. The van der Waals surface area contributed by atoms with Crippen LogP contribution in [0, 0.1) is 6.92 Å². The number of carboxylic acids is 1. The molecule has 2 aromatic carbocycles. The zero-order valence-electron chi connectivity index (χ0n) is 17.6. The second-order valence-corrected chi connectivity index (χ2v) is 10.6. The van der Waals surface area contributed by atoms with Gasteiger partial charge in [0, 0.05) is 11.3 Å². The Bertz CT molecular complexity index is 1220. The van der Waals surface area contributed by atoms with Gasteiger partial charge in [-0.1, -0.05) is 24.3 Å². The predicted octanol–water partition coefficient (Wildman–Crippen LogP) is 4.38. The molecular formula is C23H24N2O5S2. The molecule has 32 heavy (non-hydrogen) atoms. The number of thiazole rings is 1. The zero-order chi connectivity index (χ0) is 22.7. The average Bonchev–Trinajstić information content (AvgIpc) is 3.30. The van der Waals surface area contributed by atoms with Gasteiger partial charge in [-0.3, -0.25) is 9.52 Å². The standard InChI is InChI=1S/C23H24N2O5S2/c1-15-21(24-23(31-15)25-32(28,29)19-5-3-2-4-6-19)11-12-30-18-9-10-20-16(13-18)7-8-17(20)14-22(26)27/h2-6,9-10,13,17H,7-8,11-12,14H2,1H3,(H,24,25)(H,26,27). The Morgan fingerprint density at radius 3 is 2.78 bits per heavy atom. The topological polar surface area (TPSA) is 106 Å². The largest absolute Gasteiger partial charge is 0.493 e. The highest BCUT2D eigenvalue weighted by atomic mass is 32.2. The number of nitrogens with zero attached hydrogens (tertiary/aromatic N) is 1. The van der Waals surface area contributed by atoms with Crippen LogP contribution in [0.15, 0.2) is 53.4 Å². The number of anilines is 1. The van der Waals surface area contributed by atoms with Crippen LogP contribution in [0.25, 0.3) is 0 Å². The summed E-state index contributed by atoms with van der Waals surface area (Å²) < 4.78 is 33.4. The Kier molecular flexibility index (Phi) is 6.48. The minimum Gasteiger partial charge on any atom is -0.493 e. The van der Waals surface area contributed by atoms with Crippen molar-refractivity contribution in [1.29, 1.82) is 0 Å². The van der Waals surface area contributed by atoms with Crippen molar-refractivity contribution >= 4 is 32.5 Å². The molecule has 0 saturated carbocycles. The Morgan fingerprint density at radius 1 is 1.25 bits per heavy atom. The maximum absolute atomic E-state index is 12.5. The van der Waals surface area contributed by atoms with E-state index in [-0.39, 0.29) is 17.2 Å². The fraction of sp³-hybridized carbons (Fsp3) is 0.304. The smallest absolute Gasteiger partial charge is 0.303 e. The maximum atomic E-state index is 12.5. The van der Waals surface area contributed by atoms with Crippen LogP contribution in [0.5, 0.6) is 5.75 Å². The molecule has 0 saturated heterocycles. The number of carbonyl (C=O) groups is 1. The molecule has 1 heterocycles. The molecule has 7 nitrogen and oxygen atoms in total. The number of hydrogen-bond acceptors (Lipinski definition) is 6. The van der Waals surface area contributed by atoms with E-state index in [4.69, 9.17) is 9.84 Å². The molecule has 0 fully saturated rings. The molecule has 1 atom stereocenters. The number of nitrogens with one attached hydrogen (secondary N) is 1. The van der Waals surface area contributed by atoms with Crippen molar-refractivity contribution < 1.29 is 23.1 Å². The number of hydrogen-bond donors (Lipinski definition) is 2. The first-order valence-electron chi connectivity index (χ1n) is 10.3. The summed E-state index contributed by atoms with van der Waals surface area (Å²) in [6, 6.07) is 14.0. The van der Waals surface area contributed by atoms with Gasteiger partial charge in [-0.15, -0.1) is 11.3 Å². The van der Waals surface area contributed by atoms with Gasteiger partial charge in [0.2, 0.25) is 0 Å². The quantitative estimate of drug-likeness (QED) is 0.479. The van der Waals surface area contributed by atoms with E-state index in [2.05, 4.69) is 9.71 Å². The van der Waals surface area contributed by atoms with Crippen LogP contribution in [0.4, 0.5) is 5.13 Å². The van der Waals surface area contributed by atoms with E-state index in [9.17, 15) is 13.2 Å². The highest BCUT2D eigenvalue weighted by Gasteiger charge is 2.25. The average molecular weight is 473 g/mol. The highest BCUT2D eigenvalue weighted by Crippen LogP contribution is 2.37. The summed E-state index contributed by atoms with van der Waals surface area (Å²) in [5.74, 6) is 0.0529. The second kappa shape index (κ2) is 9.30. The van der Waals surface area contributed by atoms with Crippen LogP contribution in [-0.2, 0) is 27.7 Å². The summed E-state index contributed by atoms with van der Waals surface area (Å²) in [6.07, 6.45) is 2.42. The third-order valence-corrected chi connectivity index (χ3v) is 7.93. The Hall–Kier alpha value is -2.91. The Balaban J connectivity index is 1.35. The number of carboxylic acid groups (broad SMARTS) is 1. The van der Waals surface area contributed by atoms with Crippen LogP contribution in [-0.4, -0.2) is 31.1 Å². The van der Waals surface area contributed by atoms with E-state index in [0.29, 0.717) is 18.2 Å². The Morgan fingerprint density at radius 2 is 2.03 bits per heavy atom. The van der Waals surface area contributed by atoms with Gasteiger partial charge in [0.1, 0.15) is 5.75 Å². The molecular weight excluding hydrogens is 448 g/mol. The number of aryl methyl sites for hydroxylation is 2. The van der Waals surface area contributed by atoms with Crippen LogP contribution in [0.2, 0.25) is 0 Å². The first-order chi connectivity index (χ1) is 15.3. The number of benzene rings is 2.